The lowest BCUT2D eigenvalue weighted by molar-refractivity contribution is 0.661. The van der Waals surface area contributed by atoms with Crippen molar-refractivity contribution in [1.82, 2.24) is 14.1 Å². The molecule has 1 aliphatic carbocycles. The lowest BCUT2D eigenvalue weighted by atomic mass is 9.82. The number of imidazole rings is 1. The van der Waals surface area contributed by atoms with E-state index in [1.165, 1.54) is 44.1 Å². The quantitative estimate of drug-likeness (QED) is 0.182. The lowest BCUT2D eigenvalue weighted by Gasteiger charge is -2.21. The van der Waals surface area contributed by atoms with E-state index in [1.54, 1.807) is 0 Å². The molecule has 3 aromatic heterocycles. The first kappa shape index (κ1) is 31.2. The normalized spacial score (nSPS) is 13.3. The fourth-order valence-corrected chi connectivity index (χ4v) is 9.46. The Labute approximate surface area is 323 Å². The minimum Gasteiger partial charge on any atom is -0.455 e. The van der Waals surface area contributed by atoms with Crippen LogP contribution in [0.3, 0.4) is 0 Å². The predicted octanol–water partition coefficient (Wildman–Crippen LogP) is 13.7. The van der Waals surface area contributed by atoms with Crippen molar-refractivity contribution in [2.75, 3.05) is 0 Å². The van der Waals surface area contributed by atoms with E-state index in [0.717, 1.165) is 66.9 Å². The van der Waals surface area contributed by atoms with E-state index >= 15 is 0 Å². The SMILES string of the molecule is CC1(C)c2ccccc2-c2cc3c4ccccc4n(-c4ccc5oc6c(-c7ccc8nc(-c9ccccc9)n(-c9ccccc9)c8c7)cccc6c5c4)c3cc21. The van der Waals surface area contributed by atoms with Crippen molar-refractivity contribution in [3.63, 3.8) is 0 Å². The van der Waals surface area contributed by atoms with E-state index in [4.69, 9.17) is 9.40 Å². The predicted molar refractivity (Wildman–Crippen MR) is 231 cm³/mol. The highest BCUT2D eigenvalue weighted by Gasteiger charge is 2.36. The average Bonchev–Trinajstić information content (AvgIpc) is 3.97. The number of para-hydroxylation sites is 3. The Morgan fingerprint density at radius 2 is 1.20 bits per heavy atom. The molecule has 0 spiro atoms. The highest BCUT2D eigenvalue weighted by atomic mass is 16.3. The van der Waals surface area contributed by atoms with Gasteiger partial charge < -0.3 is 8.98 Å². The van der Waals surface area contributed by atoms with Gasteiger partial charge in [-0.25, -0.2) is 4.98 Å². The molecule has 0 N–H and O–H groups in total. The highest BCUT2D eigenvalue weighted by molar-refractivity contribution is 6.13. The number of rotatable bonds is 4. The van der Waals surface area contributed by atoms with Crippen LogP contribution in [0.1, 0.15) is 25.0 Å². The molecule has 8 aromatic carbocycles. The summed E-state index contributed by atoms with van der Waals surface area (Å²) in [4.78, 5) is 5.14. The molecule has 0 amide bonds. The zero-order valence-electron chi connectivity index (χ0n) is 31.0. The summed E-state index contributed by atoms with van der Waals surface area (Å²) in [6, 6.07) is 63.2. The molecule has 0 unspecified atom stereocenters. The van der Waals surface area contributed by atoms with Crippen LogP contribution in [0.5, 0.6) is 0 Å². The van der Waals surface area contributed by atoms with Gasteiger partial charge in [0.1, 0.15) is 17.0 Å². The third-order valence-electron chi connectivity index (χ3n) is 12.1. The molecule has 0 atom stereocenters. The number of hydrogen-bond donors (Lipinski definition) is 0. The summed E-state index contributed by atoms with van der Waals surface area (Å²) in [7, 11) is 0. The van der Waals surface area contributed by atoms with Gasteiger partial charge in [-0.1, -0.05) is 129 Å². The number of aromatic nitrogens is 3. The molecular weight excluding hydrogens is 683 g/mol. The maximum absolute atomic E-state index is 6.78. The molecule has 0 radical (unpaired) electrons. The third kappa shape index (κ3) is 4.32. The van der Waals surface area contributed by atoms with E-state index in [1.807, 2.05) is 6.07 Å². The van der Waals surface area contributed by atoms with Crippen LogP contribution in [0.15, 0.2) is 180 Å². The maximum Gasteiger partial charge on any atom is 0.145 e. The largest absolute Gasteiger partial charge is 0.455 e. The van der Waals surface area contributed by atoms with Gasteiger partial charge in [0, 0.05) is 49.5 Å². The van der Waals surface area contributed by atoms with Crippen molar-refractivity contribution in [1.29, 1.82) is 0 Å². The van der Waals surface area contributed by atoms with E-state index in [9.17, 15) is 0 Å². The zero-order valence-corrected chi connectivity index (χ0v) is 31.0. The summed E-state index contributed by atoms with van der Waals surface area (Å²) in [6.45, 7) is 4.71. The van der Waals surface area contributed by atoms with Gasteiger partial charge in [0.15, 0.2) is 0 Å². The second kappa shape index (κ2) is 11.4. The van der Waals surface area contributed by atoms with Crippen LogP contribution in [0, 0.1) is 0 Å². The van der Waals surface area contributed by atoms with Crippen molar-refractivity contribution < 1.29 is 4.42 Å². The minimum absolute atomic E-state index is 0.0898. The van der Waals surface area contributed by atoms with Crippen LogP contribution in [0.25, 0.3) is 99.8 Å². The van der Waals surface area contributed by atoms with Gasteiger partial charge in [-0.05, 0) is 88.5 Å². The van der Waals surface area contributed by atoms with E-state index in [0.29, 0.717) is 0 Å². The van der Waals surface area contributed by atoms with Crippen molar-refractivity contribution in [2.45, 2.75) is 19.3 Å². The Bertz CT molecular complexity index is 3380. The van der Waals surface area contributed by atoms with E-state index < -0.39 is 0 Å². The van der Waals surface area contributed by atoms with Crippen LogP contribution in [0.2, 0.25) is 0 Å². The van der Waals surface area contributed by atoms with Gasteiger partial charge in [0.05, 0.1) is 22.1 Å². The molecule has 0 saturated heterocycles. The number of fused-ring (bicyclic) bond motifs is 10. The number of nitrogens with zero attached hydrogens (tertiary/aromatic N) is 3. The van der Waals surface area contributed by atoms with Crippen molar-refractivity contribution >= 4 is 54.8 Å². The van der Waals surface area contributed by atoms with Crippen molar-refractivity contribution in [3.8, 4) is 45.0 Å². The van der Waals surface area contributed by atoms with Crippen molar-refractivity contribution in [2.24, 2.45) is 0 Å². The molecule has 0 saturated carbocycles. The highest BCUT2D eigenvalue weighted by Crippen LogP contribution is 2.51. The summed E-state index contributed by atoms with van der Waals surface area (Å²) >= 11 is 0. The number of hydrogen-bond acceptors (Lipinski definition) is 2. The molecule has 12 rings (SSSR count). The molecule has 0 aliphatic heterocycles. The molecule has 1 aliphatic rings. The maximum atomic E-state index is 6.78. The number of benzene rings is 8. The zero-order chi connectivity index (χ0) is 37.1. The van der Waals surface area contributed by atoms with Crippen LogP contribution in [-0.2, 0) is 5.41 Å². The topological polar surface area (TPSA) is 35.9 Å². The molecule has 0 fully saturated rings. The van der Waals surface area contributed by atoms with Gasteiger partial charge in [0.2, 0.25) is 0 Å². The Morgan fingerprint density at radius 1 is 0.446 bits per heavy atom. The fourth-order valence-electron chi connectivity index (χ4n) is 9.46. The Morgan fingerprint density at radius 3 is 2.07 bits per heavy atom. The van der Waals surface area contributed by atoms with Gasteiger partial charge in [-0.2, -0.15) is 0 Å². The molecule has 0 bridgehead atoms. The van der Waals surface area contributed by atoms with Crippen molar-refractivity contribution in [3.05, 3.63) is 187 Å². The lowest BCUT2D eigenvalue weighted by Crippen LogP contribution is -2.14. The first-order valence-corrected chi connectivity index (χ1v) is 19.3. The molecule has 56 heavy (non-hydrogen) atoms. The van der Waals surface area contributed by atoms with Gasteiger partial charge in [-0.3, -0.25) is 4.57 Å². The third-order valence-corrected chi connectivity index (χ3v) is 12.1. The molecule has 4 nitrogen and oxygen atoms in total. The summed E-state index contributed by atoms with van der Waals surface area (Å²) in [6.07, 6.45) is 0. The first-order valence-electron chi connectivity index (χ1n) is 19.3. The molecular formula is C52H35N3O. The van der Waals surface area contributed by atoms with E-state index in [-0.39, 0.29) is 5.41 Å². The second-order valence-electron chi connectivity index (χ2n) is 15.6. The summed E-state index contributed by atoms with van der Waals surface area (Å²) in [5, 5.41) is 4.72. The second-order valence-corrected chi connectivity index (χ2v) is 15.6. The van der Waals surface area contributed by atoms with E-state index in [2.05, 4.69) is 193 Å². The standard InChI is InChI=1S/C52H35N3O/c1-52(2)43-22-11-9-18-37(43)40-30-41-38-19-10-12-23-46(38)54(47(41)31-44(40)52)35-25-27-49-42(29-35)39-21-13-20-36(50(39)56-49)33-24-26-45-48(28-33)55(34-16-7-4-8-17-34)51(53-45)32-14-5-3-6-15-32/h3-31H,1-2H3. The number of furan rings is 1. The first-order chi connectivity index (χ1) is 27.5. The Balaban J connectivity index is 1.04. The monoisotopic (exact) mass is 717 g/mol. The van der Waals surface area contributed by atoms with Crippen LogP contribution in [0.4, 0.5) is 0 Å². The summed E-state index contributed by atoms with van der Waals surface area (Å²) in [5.41, 5.74) is 16.9. The summed E-state index contributed by atoms with van der Waals surface area (Å²) < 4.78 is 11.5. The van der Waals surface area contributed by atoms with Gasteiger partial charge in [-0.15, -0.1) is 0 Å². The average molecular weight is 718 g/mol. The molecule has 11 aromatic rings. The molecule has 264 valence electrons. The fraction of sp³-hybridized carbons (Fsp3) is 0.0577. The van der Waals surface area contributed by atoms with Crippen LogP contribution in [-0.4, -0.2) is 14.1 Å². The van der Waals surface area contributed by atoms with Crippen LogP contribution >= 0.6 is 0 Å². The molecule has 4 heteroatoms. The Hall–Kier alpha value is -7.17. The van der Waals surface area contributed by atoms with Gasteiger partial charge >= 0.3 is 0 Å². The van der Waals surface area contributed by atoms with Gasteiger partial charge in [0.25, 0.3) is 0 Å². The molecule has 3 heterocycles. The summed E-state index contributed by atoms with van der Waals surface area (Å²) in [5.74, 6) is 0.918. The minimum atomic E-state index is -0.0898. The smallest absolute Gasteiger partial charge is 0.145 e. The van der Waals surface area contributed by atoms with Crippen LogP contribution < -0.4 is 0 Å². The Kier molecular flexibility index (Phi) is 6.37.